The Bertz CT molecular complexity index is 1960. The average molecular weight is 739 g/mol. The fraction of sp³-hybridized carbons (Fsp3) is 0.500. The molecule has 7 nitrogen and oxygen atoms in total. The molecule has 0 aromatic carbocycles. The minimum absolute atomic E-state index is 0.0307. The Kier molecular flexibility index (Phi) is 9.78. The van der Waals surface area contributed by atoms with E-state index in [4.69, 9.17) is 14.2 Å². The third kappa shape index (κ3) is 6.75. The van der Waals surface area contributed by atoms with Crippen molar-refractivity contribution in [2.75, 3.05) is 40.4 Å². The van der Waals surface area contributed by atoms with Crippen LogP contribution in [0.1, 0.15) is 81.1 Å². The molecule has 2 aliphatic carbocycles. The number of rotatable bonds is 6. The van der Waals surface area contributed by atoms with Crippen LogP contribution in [0.5, 0.6) is 0 Å². The van der Waals surface area contributed by atoms with Crippen molar-refractivity contribution in [3.05, 3.63) is 129 Å². The molecule has 0 aromatic rings. The van der Waals surface area contributed by atoms with E-state index in [9.17, 15) is 10.5 Å². The minimum atomic E-state index is -0.231. The molecule has 5 aliphatic heterocycles. The maximum atomic E-state index is 9.88. The number of piperidine rings is 2. The van der Waals surface area contributed by atoms with Gasteiger partial charge in [0.15, 0.2) is 0 Å². The summed E-state index contributed by atoms with van der Waals surface area (Å²) in [5.74, 6) is 3.55. The second kappa shape index (κ2) is 14.0. The third-order valence-corrected chi connectivity index (χ3v) is 13.4. The second-order valence-corrected chi connectivity index (χ2v) is 18.7. The molecule has 2 unspecified atom stereocenters. The summed E-state index contributed by atoms with van der Waals surface area (Å²) in [6.07, 6.45) is 25.6. The first-order valence-electron chi connectivity index (χ1n) is 20.0. The Morgan fingerprint density at radius 2 is 1.07 bits per heavy atom. The van der Waals surface area contributed by atoms with Crippen LogP contribution in [0.2, 0.25) is 0 Å². The summed E-state index contributed by atoms with van der Waals surface area (Å²) in [7, 11) is 3.52. The predicted octanol–water partition coefficient (Wildman–Crippen LogP) is 10.2. The third-order valence-electron chi connectivity index (χ3n) is 13.4. The molecule has 0 aromatic heterocycles. The number of ether oxygens (including phenoxy) is 3. The van der Waals surface area contributed by atoms with Crippen LogP contribution in [-0.4, -0.2) is 50.2 Å². The van der Waals surface area contributed by atoms with Crippen LogP contribution in [-0.2, 0) is 14.2 Å². The van der Waals surface area contributed by atoms with Gasteiger partial charge in [0, 0.05) is 87.8 Å². The number of nitriles is 2. The van der Waals surface area contributed by atoms with Crippen molar-refractivity contribution < 1.29 is 14.2 Å². The molecular formula is C48H58N4O3. The summed E-state index contributed by atoms with van der Waals surface area (Å²) < 4.78 is 18.8. The molecule has 7 rings (SSSR count). The Morgan fingerprint density at radius 1 is 0.655 bits per heavy atom. The molecule has 55 heavy (non-hydrogen) atoms. The number of allylic oxidation sites excluding steroid dienone is 18. The normalized spacial score (nSPS) is 27.5. The molecule has 0 bridgehead atoms. The van der Waals surface area contributed by atoms with Crippen molar-refractivity contribution in [1.29, 1.82) is 10.5 Å². The van der Waals surface area contributed by atoms with Gasteiger partial charge in [-0.1, -0.05) is 55.4 Å². The van der Waals surface area contributed by atoms with Crippen LogP contribution in [0.15, 0.2) is 129 Å². The zero-order chi connectivity index (χ0) is 39.5. The van der Waals surface area contributed by atoms with Crippen molar-refractivity contribution in [2.24, 2.45) is 33.5 Å². The minimum Gasteiger partial charge on any atom is -0.500 e. The molecule has 0 spiro atoms. The largest absolute Gasteiger partial charge is 0.500 e. The van der Waals surface area contributed by atoms with E-state index >= 15 is 0 Å². The highest BCUT2D eigenvalue weighted by Gasteiger charge is 2.47. The summed E-state index contributed by atoms with van der Waals surface area (Å²) in [5.41, 5.74) is 7.84. The van der Waals surface area contributed by atoms with Gasteiger partial charge in [-0.25, -0.2) is 0 Å². The lowest BCUT2D eigenvalue weighted by molar-refractivity contribution is 0.0956. The van der Waals surface area contributed by atoms with E-state index in [-0.39, 0.29) is 27.2 Å². The van der Waals surface area contributed by atoms with Crippen molar-refractivity contribution in [1.82, 2.24) is 9.80 Å². The van der Waals surface area contributed by atoms with Crippen LogP contribution in [0.4, 0.5) is 0 Å². The lowest BCUT2D eigenvalue weighted by atomic mass is 9.65. The average Bonchev–Trinajstić information content (AvgIpc) is 3.12. The molecule has 2 atom stereocenters. The maximum absolute atomic E-state index is 9.88. The highest BCUT2D eigenvalue weighted by Crippen LogP contribution is 2.53. The Balaban J connectivity index is 1.22. The predicted molar refractivity (Wildman–Crippen MR) is 218 cm³/mol. The monoisotopic (exact) mass is 738 g/mol. The van der Waals surface area contributed by atoms with E-state index in [2.05, 4.69) is 102 Å². The molecular weight excluding hydrogens is 681 g/mol. The highest BCUT2D eigenvalue weighted by molar-refractivity contribution is 5.57. The van der Waals surface area contributed by atoms with Gasteiger partial charge in [0.1, 0.15) is 40.7 Å². The molecule has 0 amide bonds. The molecule has 288 valence electrons. The fourth-order valence-corrected chi connectivity index (χ4v) is 10.4. The number of nitrogens with zero attached hydrogens (tertiary/aromatic N) is 4. The van der Waals surface area contributed by atoms with E-state index in [1.165, 1.54) is 48.2 Å². The van der Waals surface area contributed by atoms with Gasteiger partial charge in [-0.15, -0.1) is 0 Å². The van der Waals surface area contributed by atoms with Gasteiger partial charge in [0.25, 0.3) is 0 Å². The quantitative estimate of drug-likeness (QED) is 0.251. The topological polar surface area (TPSA) is 81.7 Å². The molecule has 5 heterocycles. The van der Waals surface area contributed by atoms with E-state index in [1.54, 1.807) is 26.4 Å². The summed E-state index contributed by atoms with van der Waals surface area (Å²) in [6, 6.07) is 4.15. The van der Waals surface area contributed by atoms with E-state index in [0.29, 0.717) is 28.9 Å². The zero-order valence-corrected chi connectivity index (χ0v) is 34.6. The fourth-order valence-electron chi connectivity index (χ4n) is 10.4. The Labute approximate surface area is 329 Å². The molecule has 2 fully saturated rings. The number of hydrogen-bond acceptors (Lipinski definition) is 7. The van der Waals surface area contributed by atoms with Gasteiger partial charge >= 0.3 is 0 Å². The summed E-state index contributed by atoms with van der Waals surface area (Å²) in [6.45, 7) is 22.7. The SMILES string of the molecule is COC1=C(C=CC2=CC(=C(C#N)C#N)C=C(C=CC3=C(OC)C(C)(C)C4CN5CCCC(C)(C)C5=CC4=C3)O2)C=C2C=C3N(CCCC3(C)C)CC2C1(C)C. The lowest BCUT2D eigenvalue weighted by Crippen LogP contribution is -2.48. The summed E-state index contributed by atoms with van der Waals surface area (Å²) in [4.78, 5) is 5.18. The molecule has 0 N–H and O–H groups in total. The van der Waals surface area contributed by atoms with E-state index in [0.717, 1.165) is 48.8 Å². The lowest BCUT2D eigenvalue weighted by Gasteiger charge is -2.51. The summed E-state index contributed by atoms with van der Waals surface area (Å²) in [5, 5.41) is 19.8. The number of hydrogen-bond donors (Lipinski definition) is 0. The smallest absolute Gasteiger partial charge is 0.137 e. The second-order valence-electron chi connectivity index (χ2n) is 18.7. The molecule has 0 radical (unpaired) electrons. The first-order chi connectivity index (χ1) is 26.0. The molecule has 7 aliphatic rings. The van der Waals surface area contributed by atoms with E-state index < -0.39 is 0 Å². The van der Waals surface area contributed by atoms with Crippen LogP contribution >= 0.6 is 0 Å². The van der Waals surface area contributed by atoms with Crippen molar-refractivity contribution in [3.63, 3.8) is 0 Å². The number of fused-ring (bicyclic) bond motifs is 4. The molecule has 2 saturated heterocycles. The molecule has 7 heteroatoms. The standard InChI is InChI=1S/C48H58N4O3/c1-45(2)17-11-19-51-29-39-34(25-41(45)51)21-31(43(53-9)47(39,5)6)13-15-37-23-33(36(27-49)28-50)24-38(55-37)16-14-32-22-35-26-42-46(3,4)18-12-20-52(42)30-40(35)48(7,8)44(32)54-10/h13-16,21-26,39-40H,11-12,17-20,29-30H2,1-10H3. The van der Waals surface area contributed by atoms with Crippen LogP contribution < -0.4 is 0 Å². The molecule has 0 saturated carbocycles. The van der Waals surface area contributed by atoms with Gasteiger partial charge in [0.05, 0.1) is 14.2 Å². The summed E-state index contributed by atoms with van der Waals surface area (Å²) >= 11 is 0. The zero-order valence-electron chi connectivity index (χ0n) is 34.6. The van der Waals surface area contributed by atoms with E-state index in [1.807, 2.05) is 24.3 Å². The first kappa shape index (κ1) is 38.4. The van der Waals surface area contributed by atoms with Crippen LogP contribution in [0, 0.1) is 56.2 Å². The highest BCUT2D eigenvalue weighted by atomic mass is 16.5. The van der Waals surface area contributed by atoms with Gasteiger partial charge in [-0.05, 0) is 97.6 Å². The van der Waals surface area contributed by atoms with Gasteiger partial charge in [0.2, 0.25) is 0 Å². The van der Waals surface area contributed by atoms with Gasteiger partial charge < -0.3 is 24.0 Å². The Morgan fingerprint density at radius 3 is 1.45 bits per heavy atom. The van der Waals surface area contributed by atoms with Crippen molar-refractivity contribution >= 4 is 0 Å². The first-order valence-corrected chi connectivity index (χ1v) is 20.0. The van der Waals surface area contributed by atoms with Crippen LogP contribution in [0.3, 0.4) is 0 Å². The van der Waals surface area contributed by atoms with Crippen molar-refractivity contribution in [2.45, 2.75) is 81.1 Å². The number of methoxy groups -OCH3 is 2. The maximum Gasteiger partial charge on any atom is 0.137 e. The van der Waals surface area contributed by atoms with Gasteiger partial charge in [-0.2, -0.15) is 10.5 Å². The van der Waals surface area contributed by atoms with Gasteiger partial charge in [-0.3, -0.25) is 0 Å². The van der Waals surface area contributed by atoms with Crippen molar-refractivity contribution in [3.8, 4) is 12.1 Å². The van der Waals surface area contributed by atoms with Crippen LogP contribution in [0.25, 0.3) is 0 Å². The Hall–Kier alpha value is -4.88.